The first-order valence-corrected chi connectivity index (χ1v) is 27.2. The molecule has 1 aliphatic heterocycles. The van der Waals surface area contributed by atoms with E-state index in [9.17, 15) is 38.2 Å². The van der Waals surface area contributed by atoms with Gasteiger partial charge in [0, 0.05) is 6.42 Å². The fourth-order valence-corrected chi connectivity index (χ4v) is 8.64. The molecular weight excluding hydrogens is 835 g/mol. The van der Waals surface area contributed by atoms with E-state index in [4.69, 9.17) is 9.47 Å². The molecule has 64 heavy (non-hydrogen) atoms. The Kier molecular flexibility index (Phi) is 39.1. The van der Waals surface area contributed by atoms with Crippen LogP contribution in [0.3, 0.4) is 0 Å². The van der Waals surface area contributed by atoms with Gasteiger partial charge in [0.15, 0.2) is 6.29 Å². The maximum atomic E-state index is 13.1. The van der Waals surface area contributed by atoms with Crippen molar-refractivity contribution in [1.29, 1.82) is 0 Å². The number of hydrogen-bond acceptors (Lipinski definition) is 10. The molecule has 0 spiro atoms. The summed E-state index contributed by atoms with van der Waals surface area (Å²) in [5.41, 5.74) is 0. The summed E-state index contributed by atoms with van der Waals surface area (Å²) in [6, 6.07) is -0.945. The molecule has 1 amide bonds. The number of carbonyl (C=O) groups is 1. The molecule has 1 heterocycles. The van der Waals surface area contributed by atoms with Gasteiger partial charge in [-0.15, -0.1) is 0 Å². The molecule has 0 aromatic rings. The van der Waals surface area contributed by atoms with Gasteiger partial charge in [-0.25, -0.2) is 4.18 Å². The molecule has 376 valence electrons. The molecule has 0 radical (unpaired) electrons. The molecule has 7 unspecified atom stereocenters. The predicted molar refractivity (Wildman–Crippen MR) is 259 cm³/mol. The summed E-state index contributed by atoms with van der Waals surface area (Å²) in [6.45, 7) is 3.38. The molecule has 0 saturated carbocycles. The van der Waals surface area contributed by atoms with Crippen LogP contribution in [0.5, 0.6) is 0 Å². The van der Waals surface area contributed by atoms with Gasteiger partial charge in [-0.2, -0.15) is 8.42 Å². The highest BCUT2D eigenvalue weighted by Gasteiger charge is 2.48. The number of ether oxygens (including phenoxy) is 2. The largest absolute Gasteiger partial charge is 0.397 e. The number of unbranched alkanes of at least 4 members (excludes halogenated alkanes) is 28. The molecule has 1 aliphatic rings. The van der Waals surface area contributed by atoms with Gasteiger partial charge in [0.05, 0.1) is 25.4 Å². The normalized spacial score (nSPS) is 20.5. The third-order valence-corrected chi connectivity index (χ3v) is 12.6. The average Bonchev–Trinajstić information content (AvgIpc) is 3.27. The third-order valence-electron chi connectivity index (χ3n) is 12.2. The van der Waals surface area contributed by atoms with Crippen LogP contribution in [0.4, 0.5) is 0 Å². The molecule has 1 saturated heterocycles. The number of aliphatic hydroxyl groups excluding tert-OH is 4. The molecule has 6 N–H and O–H groups in total. The summed E-state index contributed by atoms with van der Waals surface area (Å²) in [5.74, 6) is -0.267. The van der Waals surface area contributed by atoms with Crippen molar-refractivity contribution in [1.82, 2.24) is 5.32 Å². The van der Waals surface area contributed by atoms with Crippen molar-refractivity contribution in [2.75, 3.05) is 13.2 Å². The highest BCUT2D eigenvalue weighted by Crippen LogP contribution is 2.26. The topological polar surface area (TPSA) is 192 Å². The van der Waals surface area contributed by atoms with Gasteiger partial charge in [-0.3, -0.25) is 9.35 Å². The van der Waals surface area contributed by atoms with Gasteiger partial charge >= 0.3 is 10.4 Å². The Balaban J connectivity index is 2.38. The lowest BCUT2D eigenvalue weighted by molar-refractivity contribution is -0.298. The second-order valence-corrected chi connectivity index (χ2v) is 19.2. The first-order chi connectivity index (χ1) is 31.0. The molecule has 0 bridgehead atoms. The molecule has 1 rings (SSSR count). The number of rotatable bonds is 44. The van der Waals surface area contributed by atoms with E-state index in [1.165, 1.54) is 148 Å². The van der Waals surface area contributed by atoms with Crippen molar-refractivity contribution < 1.29 is 51.8 Å². The number of hydrogen-bond donors (Lipinski definition) is 6. The van der Waals surface area contributed by atoms with E-state index in [-0.39, 0.29) is 18.9 Å². The SMILES string of the molecule is CCCCCCCCCCC/C=C\C/C=C\CCCCCCCCCCCC(=O)NC(COC1OC(CO)C(O)C(OS(=O)(=O)O)C1O)C(O)/C=C/CCCCCCCCCCCC. The van der Waals surface area contributed by atoms with Crippen LogP contribution in [-0.2, 0) is 28.9 Å². The highest BCUT2D eigenvalue weighted by atomic mass is 32.3. The minimum Gasteiger partial charge on any atom is -0.394 e. The molecule has 0 aliphatic carbocycles. The zero-order chi connectivity index (χ0) is 46.9. The lowest BCUT2D eigenvalue weighted by Crippen LogP contribution is -2.61. The van der Waals surface area contributed by atoms with Gasteiger partial charge in [0.2, 0.25) is 5.91 Å². The summed E-state index contributed by atoms with van der Waals surface area (Å²) in [5, 5.41) is 44.7. The van der Waals surface area contributed by atoms with E-state index in [2.05, 4.69) is 47.7 Å². The van der Waals surface area contributed by atoms with Crippen LogP contribution in [0.2, 0.25) is 0 Å². The Morgan fingerprint density at radius 2 is 1.05 bits per heavy atom. The van der Waals surface area contributed by atoms with Crippen LogP contribution in [-0.4, -0.2) is 95.4 Å². The summed E-state index contributed by atoms with van der Waals surface area (Å²) < 4.78 is 47.6. The third kappa shape index (κ3) is 33.7. The molecule has 12 nitrogen and oxygen atoms in total. The van der Waals surface area contributed by atoms with Crippen LogP contribution in [0.15, 0.2) is 36.5 Å². The van der Waals surface area contributed by atoms with Crippen molar-refractivity contribution in [3.05, 3.63) is 36.5 Å². The minimum atomic E-state index is -5.09. The Morgan fingerprint density at radius 1 is 0.625 bits per heavy atom. The quantitative estimate of drug-likeness (QED) is 0.0194. The highest BCUT2D eigenvalue weighted by molar-refractivity contribution is 7.80. The maximum Gasteiger partial charge on any atom is 0.397 e. The molecule has 7 atom stereocenters. The number of carbonyl (C=O) groups excluding carboxylic acids is 1. The maximum absolute atomic E-state index is 13.1. The first-order valence-electron chi connectivity index (χ1n) is 25.9. The summed E-state index contributed by atoms with van der Waals surface area (Å²) in [7, 11) is -5.09. The number of amides is 1. The van der Waals surface area contributed by atoms with E-state index in [1.54, 1.807) is 6.08 Å². The van der Waals surface area contributed by atoms with Crippen LogP contribution >= 0.6 is 0 Å². The van der Waals surface area contributed by atoms with Crippen molar-refractivity contribution in [3.63, 3.8) is 0 Å². The molecule has 0 aromatic heterocycles. The second kappa shape index (κ2) is 41.5. The minimum absolute atomic E-state index is 0.264. The Morgan fingerprint density at radius 3 is 1.48 bits per heavy atom. The summed E-state index contributed by atoms with van der Waals surface area (Å²) in [4.78, 5) is 13.1. The van der Waals surface area contributed by atoms with Gasteiger partial charge in [-0.05, 0) is 51.4 Å². The van der Waals surface area contributed by atoms with Crippen molar-refractivity contribution in [3.8, 4) is 0 Å². The van der Waals surface area contributed by atoms with Gasteiger partial charge in [0.1, 0.15) is 24.4 Å². The van der Waals surface area contributed by atoms with Crippen molar-refractivity contribution in [2.24, 2.45) is 0 Å². The van der Waals surface area contributed by atoms with Crippen LogP contribution in [0.25, 0.3) is 0 Å². The van der Waals surface area contributed by atoms with E-state index in [0.717, 1.165) is 51.4 Å². The van der Waals surface area contributed by atoms with Crippen molar-refractivity contribution >= 4 is 16.3 Å². The number of allylic oxidation sites excluding steroid dienone is 5. The lowest BCUT2D eigenvalue weighted by Gasteiger charge is -2.41. The van der Waals surface area contributed by atoms with Gasteiger partial charge < -0.3 is 35.2 Å². The predicted octanol–water partition coefficient (Wildman–Crippen LogP) is 11.1. The van der Waals surface area contributed by atoms with Crippen LogP contribution < -0.4 is 5.32 Å². The van der Waals surface area contributed by atoms with E-state index in [1.807, 2.05) is 6.08 Å². The zero-order valence-corrected chi connectivity index (χ0v) is 41.2. The molecule has 0 aromatic carbocycles. The first kappa shape index (κ1) is 60.3. The summed E-state index contributed by atoms with van der Waals surface area (Å²) in [6.07, 6.45) is 41.9. The standard InChI is InChI=1S/C51H95NO11S/c1-3-5-7-9-11-13-15-17-18-19-20-21-22-23-24-25-26-27-28-29-31-33-35-37-39-41-47(55)52-44(45(54)40-38-36-34-32-30-16-14-12-10-8-6-4-2)43-61-51-49(57)50(63-64(58,59)60)48(56)46(42-53)62-51/h20-21,23-24,38,40,44-46,48-51,53-54,56-57H,3-19,22,25-37,39,41-43H2,1-2H3,(H,52,55)(H,58,59,60)/b21-20-,24-23-,40-38+. The Hall–Kier alpha value is -1.68. The van der Waals surface area contributed by atoms with E-state index >= 15 is 0 Å². The zero-order valence-electron chi connectivity index (χ0n) is 40.3. The van der Waals surface area contributed by atoms with E-state index < -0.39 is 59.9 Å². The van der Waals surface area contributed by atoms with Crippen LogP contribution in [0.1, 0.15) is 226 Å². The van der Waals surface area contributed by atoms with Crippen LogP contribution in [0, 0.1) is 0 Å². The smallest absolute Gasteiger partial charge is 0.394 e. The fraction of sp³-hybridized carbons (Fsp3) is 0.863. The Labute approximate surface area is 390 Å². The van der Waals surface area contributed by atoms with E-state index in [0.29, 0.717) is 6.42 Å². The van der Waals surface area contributed by atoms with Gasteiger partial charge in [-0.1, -0.05) is 204 Å². The fourth-order valence-electron chi connectivity index (χ4n) is 8.13. The van der Waals surface area contributed by atoms with Crippen molar-refractivity contribution in [2.45, 2.75) is 269 Å². The average molecular weight is 930 g/mol. The summed E-state index contributed by atoms with van der Waals surface area (Å²) >= 11 is 0. The number of nitrogens with one attached hydrogen (secondary N) is 1. The Bertz CT molecular complexity index is 1280. The lowest BCUT2D eigenvalue weighted by atomic mass is 9.99. The number of aliphatic hydroxyl groups is 4. The molecule has 13 heteroatoms. The molecule has 1 fully saturated rings. The van der Waals surface area contributed by atoms with Gasteiger partial charge in [0.25, 0.3) is 0 Å². The molecular formula is C51H95NO11S. The second-order valence-electron chi connectivity index (χ2n) is 18.1. The monoisotopic (exact) mass is 930 g/mol.